The van der Waals surface area contributed by atoms with E-state index in [1.807, 2.05) is 18.2 Å². The van der Waals surface area contributed by atoms with Crippen LogP contribution in [0.4, 0.5) is 18.9 Å². The molecule has 3 heterocycles. The molecule has 0 radical (unpaired) electrons. The van der Waals surface area contributed by atoms with Crippen LogP contribution in [0.2, 0.25) is 0 Å². The number of hydrogen-bond donors (Lipinski definition) is 2. The minimum atomic E-state index is -4.77. The molecule has 2 aliphatic rings. The van der Waals surface area contributed by atoms with Crippen molar-refractivity contribution < 1.29 is 23.1 Å². The van der Waals surface area contributed by atoms with Crippen molar-refractivity contribution in [2.45, 2.75) is 19.1 Å². The first-order valence-electron chi connectivity index (χ1n) is 9.91. The first-order valence-corrected chi connectivity index (χ1v) is 9.91. The zero-order valence-electron chi connectivity index (χ0n) is 17.5. The van der Waals surface area contributed by atoms with Crippen LogP contribution in [0, 0.1) is 0 Å². The summed E-state index contributed by atoms with van der Waals surface area (Å²) in [7, 11) is 0. The Hall–Kier alpha value is -4.14. The Morgan fingerprint density at radius 1 is 1.15 bits per heavy atom. The first-order chi connectivity index (χ1) is 15.6. The smallest absolute Gasteiger partial charge is 0.412 e. The highest BCUT2D eigenvalue weighted by Crippen LogP contribution is 2.37. The molecule has 0 unspecified atom stereocenters. The van der Waals surface area contributed by atoms with Gasteiger partial charge in [0.05, 0.1) is 11.4 Å². The van der Waals surface area contributed by atoms with Crippen molar-refractivity contribution in [3.8, 4) is 0 Å². The molecule has 0 amide bonds. The third-order valence-corrected chi connectivity index (χ3v) is 5.06. The minimum Gasteiger partial charge on any atom is -0.476 e. The fourth-order valence-corrected chi connectivity index (χ4v) is 3.61. The number of nitrogens with one attached hydrogen (secondary N) is 1. The van der Waals surface area contributed by atoms with Crippen LogP contribution in [0.5, 0.6) is 0 Å². The number of nitrogens with zero attached hydrogens (tertiary/aromatic N) is 3. The molecule has 168 valence electrons. The van der Waals surface area contributed by atoms with E-state index in [-0.39, 0.29) is 17.1 Å². The lowest BCUT2D eigenvalue weighted by Crippen LogP contribution is -2.45. The minimum absolute atomic E-state index is 0.0579. The number of benzene rings is 1. The zero-order valence-corrected chi connectivity index (χ0v) is 17.5. The van der Waals surface area contributed by atoms with Crippen LogP contribution in [0.3, 0.4) is 0 Å². The molecule has 2 aromatic rings. The number of hydrogen-bond acceptors (Lipinski definition) is 5. The molecule has 0 saturated heterocycles. The Morgan fingerprint density at radius 3 is 2.55 bits per heavy atom. The van der Waals surface area contributed by atoms with Gasteiger partial charge in [-0.3, -0.25) is 0 Å². The molecule has 1 aromatic carbocycles. The number of aromatic nitrogens is 1. The summed E-state index contributed by atoms with van der Waals surface area (Å²) in [5.41, 5.74) is 1.30. The monoisotopic (exact) mass is 452 g/mol. The lowest BCUT2D eigenvalue weighted by atomic mass is 9.96. The largest absolute Gasteiger partial charge is 0.476 e. The molecule has 6 nitrogen and oxygen atoms in total. The lowest BCUT2D eigenvalue weighted by molar-refractivity contribution is -0.133. The van der Waals surface area contributed by atoms with Crippen molar-refractivity contribution in [3.05, 3.63) is 102 Å². The first kappa shape index (κ1) is 22.1. The lowest BCUT2D eigenvalue weighted by Gasteiger charge is -2.35. The van der Waals surface area contributed by atoms with Crippen molar-refractivity contribution in [1.82, 2.24) is 9.88 Å². The van der Waals surface area contributed by atoms with Crippen molar-refractivity contribution in [2.24, 2.45) is 4.99 Å². The van der Waals surface area contributed by atoms with Gasteiger partial charge >= 0.3 is 12.1 Å². The van der Waals surface area contributed by atoms with E-state index in [1.54, 1.807) is 31.3 Å². The highest BCUT2D eigenvalue weighted by molar-refractivity contribution is 6.07. The highest BCUT2D eigenvalue weighted by Gasteiger charge is 2.46. The van der Waals surface area contributed by atoms with Crippen LogP contribution < -0.4 is 5.32 Å². The Morgan fingerprint density at radius 2 is 1.88 bits per heavy atom. The maximum absolute atomic E-state index is 14.3. The number of allylic oxidation sites excluding steroid dienone is 3. The summed E-state index contributed by atoms with van der Waals surface area (Å²) in [6, 6.07) is 9.43. The molecular formula is C24H19F3N4O2. The van der Waals surface area contributed by atoms with Gasteiger partial charge in [-0.2, -0.15) is 13.2 Å². The van der Waals surface area contributed by atoms with Gasteiger partial charge in [0, 0.05) is 29.2 Å². The predicted molar refractivity (Wildman–Crippen MR) is 119 cm³/mol. The third kappa shape index (κ3) is 4.43. The number of halogens is 3. The van der Waals surface area contributed by atoms with Crippen molar-refractivity contribution in [2.75, 3.05) is 5.32 Å². The second-order valence-corrected chi connectivity index (χ2v) is 7.49. The van der Waals surface area contributed by atoms with Crippen LogP contribution in [0.1, 0.15) is 23.0 Å². The van der Waals surface area contributed by atoms with Gasteiger partial charge in [0.25, 0.3) is 0 Å². The SMILES string of the molecule is C=C1C=C(c2ccccc2)N=C2C([C@H](Nc3cccnc3C(=O)O)C(F)(F)F)=CC(C)=CN12. The highest BCUT2D eigenvalue weighted by atomic mass is 19.4. The van der Waals surface area contributed by atoms with Gasteiger partial charge in [-0.25, -0.2) is 14.8 Å². The Kier molecular flexibility index (Phi) is 5.63. The molecule has 0 saturated carbocycles. The molecule has 0 bridgehead atoms. The molecule has 0 spiro atoms. The van der Waals surface area contributed by atoms with E-state index < -0.39 is 23.9 Å². The fraction of sp³-hybridized carbons (Fsp3) is 0.125. The number of fused-ring (bicyclic) bond motifs is 1. The number of aromatic carboxylic acids is 1. The van der Waals surface area contributed by atoms with Gasteiger partial charge in [-0.05, 0) is 36.8 Å². The maximum Gasteiger partial charge on any atom is 0.412 e. The summed E-state index contributed by atoms with van der Waals surface area (Å²) in [5, 5.41) is 11.7. The molecular weight excluding hydrogens is 433 g/mol. The van der Waals surface area contributed by atoms with Gasteiger partial charge in [-0.15, -0.1) is 0 Å². The summed E-state index contributed by atoms with van der Waals surface area (Å²) in [5.74, 6) is -1.38. The number of alkyl halides is 3. The quantitative estimate of drug-likeness (QED) is 0.649. The van der Waals surface area contributed by atoms with Crippen LogP contribution in [-0.2, 0) is 0 Å². The third-order valence-electron chi connectivity index (χ3n) is 5.06. The normalized spacial score (nSPS) is 16.7. The Labute approximate surface area is 187 Å². The predicted octanol–water partition coefficient (Wildman–Crippen LogP) is 5.24. The number of rotatable bonds is 5. The van der Waals surface area contributed by atoms with Crippen LogP contribution in [0.25, 0.3) is 5.70 Å². The number of carboxylic acids is 1. The van der Waals surface area contributed by atoms with E-state index >= 15 is 0 Å². The second kappa shape index (κ2) is 8.42. The van der Waals surface area contributed by atoms with Gasteiger partial charge < -0.3 is 15.3 Å². The molecule has 1 aromatic heterocycles. The van der Waals surface area contributed by atoms with E-state index in [2.05, 4.69) is 21.9 Å². The molecule has 2 N–H and O–H groups in total. The summed E-state index contributed by atoms with van der Waals surface area (Å²) in [6.07, 6.45) is 1.18. The number of carboxylic acid groups (broad SMARTS) is 1. The average Bonchev–Trinajstić information content (AvgIpc) is 2.77. The molecule has 0 aliphatic carbocycles. The van der Waals surface area contributed by atoms with Crippen molar-refractivity contribution in [3.63, 3.8) is 0 Å². The summed E-state index contributed by atoms with van der Waals surface area (Å²) in [4.78, 5) is 21.2. The van der Waals surface area contributed by atoms with E-state index in [1.165, 1.54) is 29.3 Å². The van der Waals surface area contributed by atoms with Crippen LogP contribution in [-0.4, -0.2) is 39.0 Å². The fourth-order valence-electron chi connectivity index (χ4n) is 3.61. The van der Waals surface area contributed by atoms with Crippen LogP contribution >= 0.6 is 0 Å². The number of aliphatic imine (C=N–C) groups is 1. The maximum atomic E-state index is 14.3. The van der Waals surface area contributed by atoms with Crippen LogP contribution in [0.15, 0.2) is 95.4 Å². The summed E-state index contributed by atoms with van der Waals surface area (Å²) >= 11 is 0. The molecule has 33 heavy (non-hydrogen) atoms. The topological polar surface area (TPSA) is 77.8 Å². The second-order valence-electron chi connectivity index (χ2n) is 7.49. The van der Waals surface area contributed by atoms with Gasteiger partial charge in [-0.1, -0.05) is 36.9 Å². The average molecular weight is 452 g/mol. The zero-order chi connectivity index (χ0) is 23.8. The Bertz CT molecular complexity index is 1240. The number of anilines is 1. The van der Waals surface area contributed by atoms with E-state index in [4.69, 9.17) is 0 Å². The molecule has 1 atom stereocenters. The van der Waals surface area contributed by atoms with E-state index in [0.717, 1.165) is 5.56 Å². The summed E-state index contributed by atoms with van der Waals surface area (Å²) in [6.45, 7) is 5.66. The van der Waals surface area contributed by atoms with Crippen molar-refractivity contribution >= 4 is 23.2 Å². The van der Waals surface area contributed by atoms with Gasteiger partial charge in [0.2, 0.25) is 0 Å². The molecule has 2 aliphatic heterocycles. The Balaban J connectivity index is 1.82. The van der Waals surface area contributed by atoms with Crippen molar-refractivity contribution in [1.29, 1.82) is 0 Å². The van der Waals surface area contributed by atoms with Gasteiger partial charge in [0.15, 0.2) is 11.7 Å². The van der Waals surface area contributed by atoms with E-state index in [9.17, 15) is 23.1 Å². The molecule has 0 fully saturated rings. The number of carbonyl (C=O) groups is 1. The standard InChI is InChI=1S/C24H19F3N4O2/c1-14-11-17(21(24(25,26)27)29-18-9-6-10-28-20(18)23(32)33)22-30-19(12-15(2)31(22)13-14)16-7-4-3-5-8-16/h3-13,21,29H,2H2,1H3,(H,32,33)/t21-/m0/s1. The molecule has 9 heteroatoms. The summed E-state index contributed by atoms with van der Waals surface area (Å²) < 4.78 is 43.0. The van der Waals surface area contributed by atoms with E-state index in [0.29, 0.717) is 17.0 Å². The number of pyridine rings is 1. The van der Waals surface area contributed by atoms with Gasteiger partial charge in [0.1, 0.15) is 5.84 Å². The number of amidine groups is 1. The molecule has 4 rings (SSSR count).